The SMILES string of the molecule is Cc1cccc(CN(C(=O)CCSCc2ccccc2)[C@@H](Cc2ccccc2)C(=O)NC2CCCC2)c1. The highest BCUT2D eigenvalue weighted by atomic mass is 32.2. The minimum absolute atomic E-state index is 0.0320. The molecule has 0 heterocycles. The molecule has 0 spiro atoms. The summed E-state index contributed by atoms with van der Waals surface area (Å²) in [5, 5.41) is 3.28. The van der Waals surface area contributed by atoms with Gasteiger partial charge in [-0.05, 0) is 36.5 Å². The van der Waals surface area contributed by atoms with Crippen LogP contribution in [0.3, 0.4) is 0 Å². The number of carbonyl (C=O) groups is 2. The monoisotopic (exact) mass is 514 g/mol. The van der Waals surface area contributed by atoms with Gasteiger partial charge >= 0.3 is 0 Å². The van der Waals surface area contributed by atoms with Crippen LogP contribution in [0.4, 0.5) is 0 Å². The Labute approximate surface area is 225 Å². The lowest BCUT2D eigenvalue weighted by Crippen LogP contribution is -2.52. The zero-order valence-corrected chi connectivity index (χ0v) is 22.6. The molecule has 3 aromatic carbocycles. The number of carbonyl (C=O) groups excluding carboxylic acids is 2. The van der Waals surface area contributed by atoms with Crippen molar-refractivity contribution >= 4 is 23.6 Å². The number of nitrogens with one attached hydrogen (secondary N) is 1. The Balaban J connectivity index is 1.52. The predicted octanol–water partition coefficient (Wildman–Crippen LogP) is 6.32. The maximum absolute atomic E-state index is 13.7. The quantitative estimate of drug-likeness (QED) is 0.288. The van der Waals surface area contributed by atoms with Gasteiger partial charge in [0, 0.05) is 36.9 Å². The molecule has 0 radical (unpaired) electrons. The summed E-state index contributed by atoms with van der Waals surface area (Å²) in [6, 6.07) is 28.3. The van der Waals surface area contributed by atoms with Crippen LogP contribution in [0.2, 0.25) is 0 Å². The van der Waals surface area contributed by atoms with Crippen LogP contribution in [0.25, 0.3) is 0 Å². The average Bonchev–Trinajstić information content (AvgIpc) is 3.43. The molecule has 2 amide bonds. The Bertz CT molecular complexity index is 1130. The Morgan fingerprint density at radius 2 is 1.54 bits per heavy atom. The first-order chi connectivity index (χ1) is 18.1. The molecule has 0 unspecified atom stereocenters. The van der Waals surface area contributed by atoms with Gasteiger partial charge in [0.25, 0.3) is 0 Å². The first-order valence-electron chi connectivity index (χ1n) is 13.4. The Hall–Kier alpha value is -3.05. The Morgan fingerprint density at radius 1 is 0.892 bits per heavy atom. The zero-order chi connectivity index (χ0) is 25.9. The van der Waals surface area contributed by atoms with E-state index >= 15 is 0 Å². The fourth-order valence-corrected chi connectivity index (χ4v) is 5.89. The number of rotatable bonds is 12. The van der Waals surface area contributed by atoms with Crippen LogP contribution in [0.5, 0.6) is 0 Å². The van der Waals surface area contributed by atoms with Crippen LogP contribution in [-0.2, 0) is 28.3 Å². The van der Waals surface area contributed by atoms with Gasteiger partial charge in [-0.2, -0.15) is 11.8 Å². The van der Waals surface area contributed by atoms with Crippen LogP contribution in [-0.4, -0.2) is 34.6 Å². The van der Waals surface area contributed by atoms with E-state index in [1.807, 2.05) is 65.6 Å². The van der Waals surface area contributed by atoms with Gasteiger partial charge in [0.1, 0.15) is 6.04 Å². The minimum atomic E-state index is -0.546. The summed E-state index contributed by atoms with van der Waals surface area (Å²) in [5.41, 5.74) is 4.53. The van der Waals surface area contributed by atoms with E-state index in [-0.39, 0.29) is 17.9 Å². The summed E-state index contributed by atoms with van der Waals surface area (Å²) in [7, 11) is 0. The molecule has 5 heteroatoms. The summed E-state index contributed by atoms with van der Waals surface area (Å²) in [6.45, 7) is 2.49. The number of amides is 2. The summed E-state index contributed by atoms with van der Waals surface area (Å²) in [4.78, 5) is 29.3. The molecule has 1 atom stereocenters. The lowest BCUT2D eigenvalue weighted by atomic mass is 10.0. The van der Waals surface area contributed by atoms with E-state index in [1.165, 1.54) is 5.56 Å². The standard InChI is InChI=1S/C32H38N2O2S/c1-25-11-10-16-28(21-25)23-34(31(35)19-20-37-24-27-14-6-3-7-15-27)30(22-26-12-4-2-5-13-26)32(36)33-29-17-8-9-18-29/h2-7,10-16,21,29-30H,8-9,17-20,22-24H2,1H3,(H,33,36)/t30-/m0/s1. The van der Waals surface area contributed by atoms with Gasteiger partial charge in [0.2, 0.25) is 11.8 Å². The van der Waals surface area contributed by atoms with Gasteiger partial charge in [0.15, 0.2) is 0 Å². The van der Waals surface area contributed by atoms with Crippen molar-refractivity contribution in [2.24, 2.45) is 0 Å². The van der Waals surface area contributed by atoms with E-state index < -0.39 is 6.04 Å². The molecule has 1 saturated carbocycles. The third-order valence-electron chi connectivity index (χ3n) is 6.98. The highest BCUT2D eigenvalue weighted by molar-refractivity contribution is 7.98. The highest BCUT2D eigenvalue weighted by Crippen LogP contribution is 2.21. The molecule has 1 aliphatic rings. The van der Waals surface area contributed by atoms with Gasteiger partial charge in [0.05, 0.1) is 0 Å². The van der Waals surface area contributed by atoms with E-state index in [0.717, 1.165) is 53.9 Å². The molecular formula is C32H38N2O2S. The van der Waals surface area contributed by atoms with Gasteiger partial charge in [-0.3, -0.25) is 9.59 Å². The molecule has 194 valence electrons. The normalized spacial score (nSPS) is 14.3. The van der Waals surface area contributed by atoms with Crippen LogP contribution in [0, 0.1) is 6.92 Å². The molecule has 4 rings (SSSR count). The van der Waals surface area contributed by atoms with Crippen LogP contribution in [0.1, 0.15) is 54.4 Å². The number of aryl methyl sites for hydroxylation is 1. The number of hydrogen-bond donors (Lipinski definition) is 1. The first-order valence-corrected chi connectivity index (χ1v) is 14.5. The van der Waals surface area contributed by atoms with Crippen molar-refractivity contribution in [3.8, 4) is 0 Å². The maximum atomic E-state index is 13.7. The maximum Gasteiger partial charge on any atom is 0.243 e. The summed E-state index contributed by atoms with van der Waals surface area (Å²) >= 11 is 1.76. The Morgan fingerprint density at radius 3 is 2.22 bits per heavy atom. The first kappa shape index (κ1) is 27.0. The molecule has 0 bridgehead atoms. The van der Waals surface area contributed by atoms with E-state index in [2.05, 4.69) is 36.5 Å². The van der Waals surface area contributed by atoms with E-state index in [4.69, 9.17) is 0 Å². The van der Waals surface area contributed by atoms with Crippen molar-refractivity contribution in [3.05, 3.63) is 107 Å². The Kier molecular flexibility index (Phi) is 10.2. The van der Waals surface area contributed by atoms with Crippen molar-refractivity contribution in [2.45, 2.75) is 69.8 Å². The molecule has 0 aromatic heterocycles. The van der Waals surface area contributed by atoms with E-state index in [9.17, 15) is 9.59 Å². The molecule has 1 fully saturated rings. The number of nitrogens with zero attached hydrogens (tertiary/aromatic N) is 1. The van der Waals surface area contributed by atoms with Gasteiger partial charge in [-0.25, -0.2) is 0 Å². The van der Waals surface area contributed by atoms with Crippen LogP contribution < -0.4 is 5.32 Å². The minimum Gasteiger partial charge on any atom is -0.352 e. The van der Waals surface area contributed by atoms with Crippen molar-refractivity contribution in [2.75, 3.05) is 5.75 Å². The fraction of sp³-hybridized carbons (Fsp3) is 0.375. The topological polar surface area (TPSA) is 49.4 Å². The second kappa shape index (κ2) is 14.0. The van der Waals surface area contributed by atoms with Crippen molar-refractivity contribution in [1.29, 1.82) is 0 Å². The van der Waals surface area contributed by atoms with E-state index in [0.29, 0.717) is 19.4 Å². The van der Waals surface area contributed by atoms with Crippen molar-refractivity contribution in [3.63, 3.8) is 0 Å². The molecule has 3 aromatic rings. The zero-order valence-electron chi connectivity index (χ0n) is 21.8. The highest BCUT2D eigenvalue weighted by Gasteiger charge is 2.32. The summed E-state index contributed by atoms with van der Waals surface area (Å²) in [5.74, 6) is 1.60. The predicted molar refractivity (Wildman–Crippen MR) is 153 cm³/mol. The molecule has 1 aliphatic carbocycles. The third kappa shape index (κ3) is 8.50. The van der Waals surface area contributed by atoms with Gasteiger partial charge < -0.3 is 10.2 Å². The second-order valence-electron chi connectivity index (χ2n) is 9.99. The fourth-order valence-electron chi connectivity index (χ4n) is 5.00. The van der Waals surface area contributed by atoms with Crippen molar-refractivity contribution in [1.82, 2.24) is 10.2 Å². The average molecular weight is 515 g/mol. The van der Waals surface area contributed by atoms with Crippen LogP contribution in [0.15, 0.2) is 84.9 Å². The number of thioether (sulfide) groups is 1. The lowest BCUT2D eigenvalue weighted by molar-refractivity contribution is -0.141. The van der Waals surface area contributed by atoms with Gasteiger partial charge in [-0.1, -0.05) is 103 Å². The van der Waals surface area contributed by atoms with Crippen molar-refractivity contribution < 1.29 is 9.59 Å². The third-order valence-corrected chi connectivity index (χ3v) is 8.01. The molecule has 0 saturated heterocycles. The largest absolute Gasteiger partial charge is 0.352 e. The summed E-state index contributed by atoms with van der Waals surface area (Å²) < 4.78 is 0. The number of benzene rings is 3. The summed E-state index contributed by atoms with van der Waals surface area (Å²) in [6.07, 6.45) is 5.26. The van der Waals surface area contributed by atoms with E-state index in [1.54, 1.807) is 11.8 Å². The molecule has 4 nitrogen and oxygen atoms in total. The number of hydrogen-bond acceptors (Lipinski definition) is 3. The molecule has 1 N–H and O–H groups in total. The van der Waals surface area contributed by atoms with Gasteiger partial charge in [-0.15, -0.1) is 0 Å². The second-order valence-corrected chi connectivity index (χ2v) is 11.1. The molecular weight excluding hydrogens is 476 g/mol. The molecule has 0 aliphatic heterocycles. The molecule has 37 heavy (non-hydrogen) atoms. The van der Waals surface area contributed by atoms with Crippen LogP contribution >= 0.6 is 11.8 Å². The lowest BCUT2D eigenvalue weighted by Gasteiger charge is -2.32. The smallest absolute Gasteiger partial charge is 0.243 e.